The maximum Gasteiger partial charge on any atom is 0.305 e. The highest BCUT2D eigenvalue weighted by molar-refractivity contribution is 5.95. The van der Waals surface area contributed by atoms with E-state index in [0.717, 1.165) is 0 Å². The summed E-state index contributed by atoms with van der Waals surface area (Å²) in [5, 5.41) is 12.8. The number of carbonyl (C=O) groups is 1. The van der Waals surface area contributed by atoms with Gasteiger partial charge >= 0.3 is 5.69 Å². The van der Waals surface area contributed by atoms with Gasteiger partial charge in [-0.3, -0.25) is 14.9 Å². The van der Waals surface area contributed by atoms with Crippen molar-refractivity contribution in [3.63, 3.8) is 0 Å². The minimum atomic E-state index is -1.50. The Kier molecular flexibility index (Phi) is 6.41. The lowest BCUT2D eigenvalue weighted by molar-refractivity contribution is -0.387. The summed E-state index contributed by atoms with van der Waals surface area (Å²) in [6.07, 6.45) is 2.30. The standard InChI is InChI=1S/C13H14F2N2O4/c1-2-3-7-21-8-6-16-13(18)11-9(14)4-5-10(12(11)15)17(19)20/h2,4-5H,1,3,6-8H2,(H,16,18). The van der Waals surface area contributed by atoms with Crippen LogP contribution in [0.2, 0.25) is 0 Å². The van der Waals surface area contributed by atoms with Crippen LogP contribution in [0.5, 0.6) is 0 Å². The van der Waals surface area contributed by atoms with Crippen LogP contribution in [-0.2, 0) is 4.74 Å². The molecule has 0 saturated heterocycles. The lowest BCUT2D eigenvalue weighted by atomic mass is 10.1. The van der Waals surface area contributed by atoms with E-state index in [0.29, 0.717) is 25.2 Å². The average Bonchev–Trinajstić information content (AvgIpc) is 2.42. The molecule has 0 aromatic heterocycles. The fourth-order valence-electron chi connectivity index (χ4n) is 1.48. The van der Waals surface area contributed by atoms with E-state index in [4.69, 9.17) is 4.74 Å². The van der Waals surface area contributed by atoms with Gasteiger partial charge in [0.25, 0.3) is 5.91 Å². The molecule has 0 atom stereocenters. The summed E-state index contributed by atoms with van der Waals surface area (Å²) in [6.45, 7) is 4.09. The first-order valence-corrected chi connectivity index (χ1v) is 6.08. The molecule has 1 amide bonds. The van der Waals surface area contributed by atoms with Crippen LogP contribution in [0.1, 0.15) is 16.8 Å². The fraction of sp³-hybridized carbons (Fsp3) is 0.308. The Labute approximate surface area is 119 Å². The van der Waals surface area contributed by atoms with Gasteiger partial charge < -0.3 is 10.1 Å². The molecule has 0 fully saturated rings. The number of hydrogen-bond acceptors (Lipinski definition) is 4. The van der Waals surface area contributed by atoms with E-state index in [1.165, 1.54) is 0 Å². The van der Waals surface area contributed by atoms with Gasteiger partial charge in [-0.05, 0) is 12.5 Å². The van der Waals surface area contributed by atoms with Gasteiger partial charge in [0.15, 0.2) is 0 Å². The molecule has 8 heteroatoms. The van der Waals surface area contributed by atoms with E-state index in [1.54, 1.807) is 6.08 Å². The third kappa shape index (κ3) is 4.60. The Hall–Kier alpha value is -2.35. The number of ether oxygens (including phenoxy) is 1. The van der Waals surface area contributed by atoms with Crippen molar-refractivity contribution in [1.82, 2.24) is 5.32 Å². The molecule has 0 spiro atoms. The van der Waals surface area contributed by atoms with Gasteiger partial charge in [-0.15, -0.1) is 6.58 Å². The van der Waals surface area contributed by atoms with Gasteiger partial charge in [0.1, 0.15) is 11.4 Å². The molecule has 1 aromatic rings. The van der Waals surface area contributed by atoms with Crippen molar-refractivity contribution in [3.05, 3.63) is 52.1 Å². The molecule has 0 bridgehead atoms. The number of hydrogen-bond donors (Lipinski definition) is 1. The molecule has 1 aromatic carbocycles. The second kappa shape index (κ2) is 8.05. The Morgan fingerprint density at radius 3 is 2.76 bits per heavy atom. The van der Waals surface area contributed by atoms with Gasteiger partial charge in [-0.2, -0.15) is 4.39 Å². The summed E-state index contributed by atoms with van der Waals surface area (Å²) in [6, 6.07) is 1.34. The number of rotatable bonds is 8. The molecular formula is C13H14F2N2O4. The van der Waals surface area contributed by atoms with Crippen LogP contribution in [0.25, 0.3) is 0 Å². The number of halogens is 2. The van der Waals surface area contributed by atoms with Gasteiger partial charge in [0.05, 0.1) is 18.1 Å². The van der Waals surface area contributed by atoms with Crippen molar-refractivity contribution in [2.75, 3.05) is 19.8 Å². The van der Waals surface area contributed by atoms with Gasteiger partial charge in [0, 0.05) is 12.6 Å². The molecule has 1 rings (SSSR count). The Bertz CT molecular complexity index is 549. The summed E-state index contributed by atoms with van der Waals surface area (Å²) in [5.41, 5.74) is -1.93. The number of nitro groups is 1. The topological polar surface area (TPSA) is 81.5 Å². The van der Waals surface area contributed by atoms with E-state index in [2.05, 4.69) is 11.9 Å². The van der Waals surface area contributed by atoms with Gasteiger partial charge in [-0.1, -0.05) is 6.08 Å². The number of carbonyl (C=O) groups excluding carboxylic acids is 1. The molecule has 0 unspecified atom stereocenters. The second-order valence-electron chi connectivity index (χ2n) is 3.96. The number of nitrogens with one attached hydrogen (secondary N) is 1. The number of nitro benzene ring substituents is 1. The molecule has 0 radical (unpaired) electrons. The van der Waals surface area contributed by atoms with Gasteiger partial charge in [-0.25, -0.2) is 4.39 Å². The summed E-state index contributed by atoms with van der Waals surface area (Å²) < 4.78 is 32.3. The third-order valence-corrected chi connectivity index (χ3v) is 2.49. The molecule has 0 aliphatic carbocycles. The quantitative estimate of drug-likeness (QED) is 0.345. The van der Waals surface area contributed by atoms with Crippen LogP contribution >= 0.6 is 0 Å². The van der Waals surface area contributed by atoms with E-state index in [-0.39, 0.29) is 13.2 Å². The monoisotopic (exact) mass is 300 g/mol. The average molecular weight is 300 g/mol. The Balaban J connectivity index is 2.67. The highest BCUT2D eigenvalue weighted by atomic mass is 19.1. The first-order valence-electron chi connectivity index (χ1n) is 6.08. The normalized spacial score (nSPS) is 10.2. The number of amides is 1. The van der Waals surface area contributed by atoms with E-state index < -0.39 is 33.7 Å². The van der Waals surface area contributed by atoms with Crippen LogP contribution in [0.15, 0.2) is 24.8 Å². The first-order chi connectivity index (χ1) is 9.99. The van der Waals surface area contributed by atoms with Crippen LogP contribution in [0, 0.1) is 21.7 Å². The highest BCUT2D eigenvalue weighted by Gasteiger charge is 2.25. The van der Waals surface area contributed by atoms with Crippen molar-refractivity contribution in [2.45, 2.75) is 6.42 Å². The lowest BCUT2D eigenvalue weighted by Gasteiger charge is -2.07. The molecule has 0 aliphatic heterocycles. The van der Waals surface area contributed by atoms with Crippen LogP contribution in [0.4, 0.5) is 14.5 Å². The maximum absolute atomic E-state index is 13.7. The Morgan fingerprint density at radius 1 is 1.43 bits per heavy atom. The van der Waals surface area contributed by atoms with Crippen molar-refractivity contribution >= 4 is 11.6 Å². The number of benzene rings is 1. The summed E-state index contributed by atoms with van der Waals surface area (Å²) in [5.74, 6) is -3.73. The van der Waals surface area contributed by atoms with Crippen LogP contribution in [0.3, 0.4) is 0 Å². The summed E-state index contributed by atoms with van der Waals surface area (Å²) in [4.78, 5) is 21.2. The molecule has 0 heterocycles. The zero-order valence-corrected chi connectivity index (χ0v) is 11.1. The molecule has 0 aliphatic rings. The smallest absolute Gasteiger partial charge is 0.305 e. The van der Waals surface area contributed by atoms with E-state index >= 15 is 0 Å². The zero-order chi connectivity index (χ0) is 15.8. The van der Waals surface area contributed by atoms with Crippen molar-refractivity contribution in [1.29, 1.82) is 0 Å². The molecular weight excluding hydrogens is 286 g/mol. The lowest BCUT2D eigenvalue weighted by Crippen LogP contribution is -2.29. The maximum atomic E-state index is 13.7. The molecule has 0 saturated carbocycles. The fourth-order valence-corrected chi connectivity index (χ4v) is 1.48. The summed E-state index contributed by atoms with van der Waals surface area (Å²) in [7, 11) is 0. The van der Waals surface area contributed by atoms with Crippen LogP contribution < -0.4 is 5.32 Å². The van der Waals surface area contributed by atoms with Crippen LogP contribution in [-0.4, -0.2) is 30.6 Å². The molecule has 21 heavy (non-hydrogen) atoms. The SMILES string of the molecule is C=CCCOCCNC(=O)c1c(F)ccc([N+](=O)[O-])c1F. The predicted octanol–water partition coefficient (Wildman–Crippen LogP) is 2.20. The van der Waals surface area contributed by atoms with E-state index in [1.807, 2.05) is 0 Å². The second-order valence-corrected chi connectivity index (χ2v) is 3.96. The molecule has 1 N–H and O–H groups in total. The highest BCUT2D eigenvalue weighted by Crippen LogP contribution is 2.22. The minimum absolute atomic E-state index is 0.0253. The number of nitrogens with zero attached hydrogens (tertiary/aromatic N) is 1. The first kappa shape index (κ1) is 16.7. The Morgan fingerprint density at radius 2 is 2.14 bits per heavy atom. The van der Waals surface area contributed by atoms with Crippen molar-refractivity contribution in [2.24, 2.45) is 0 Å². The zero-order valence-electron chi connectivity index (χ0n) is 11.1. The molecule has 6 nitrogen and oxygen atoms in total. The third-order valence-electron chi connectivity index (χ3n) is 2.49. The summed E-state index contributed by atoms with van der Waals surface area (Å²) >= 11 is 0. The van der Waals surface area contributed by atoms with E-state index in [9.17, 15) is 23.7 Å². The largest absolute Gasteiger partial charge is 0.379 e. The minimum Gasteiger partial charge on any atom is -0.379 e. The van der Waals surface area contributed by atoms with Gasteiger partial charge in [0.2, 0.25) is 5.82 Å². The predicted molar refractivity (Wildman–Crippen MR) is 71.0 cm³/mol. The molecule has 114 valence electrons. The van der Waals surface area contributed by atoms with Crippen molar-refractivity contribution in [3.8, 4) is 0 Å². The van der Waals surface area contributed by atoms with Crippen molar-refractivity contribution < 1.29 is 23.2 Å².